The molecule has 1 aromatic rings. The van der Waals surface area contributed by atoms with Gasteiger partial charge in [0.05, 0.1) is 6.61 Å². The van der Waals surface area contributed by atoms with Gasteiger partial charge < -0.3 is 19.9 Å². The molecule has 20 heavy (non-hydrogen) atoms. The first-order chi connectivity index (χ1) is 9.37. The molecular weight excluding hydrogens is 258 g/mol. The molecular formula is C15H23NO4. The number of phenols is 1. The maximum atomic E-state index is 11.4. The Hall–Kier alpha value is -1.91. The molecule has 1 amide bonds. The summed E-state index contributed by atoms with van der Waals surface area (Å²) in [5.41, 5.74) is -0.466. The number of amides is 1. The number of benzene rings is 1. The zero-order valence-corrected chi connectivity index (χ0v) is 12.3. The summed E-state index contributed by atoms with van der Waals surface area (Å²) in [6, 6.07) is 6.60. The van der Waals surface area contributed by atoms with Crippen LogP contribution in [0.4, 0.5) is 4.79 Å². The Morgan fingerprint density at radius 2 is 1.85 bits per heavy atom. The molecule has 0 aliphatic rings. The van der Waals surface area contributed by atoms with Crippen molar-refractivity contribution in [2.24, 2.45) is 0 Å². The minimum absolute atomic E-state index is 0.221. The fourth-order valence-electron chi connectivity index (χ4n) is 1.46. The van der Waals surface area contributed by atoms with Crippen LogP contribution in [-0.2, 0) is 4.74 Å². The maximum absolute atomic E-state index is 11.4. The van der Waals surface area contributed by atoms with E-state index in [0.717, 1.165) is 18.6 Å². The molecule has 5 nitrogen and oxygen atoms in total. The highest BCUT2D eigenvalue weighted by atomic mass is 16.6. The van der Waals surface area contributed by atoms with Gasteiger partial charge in [-0.2, -0.15) is 0 Å². The second-order valence-electron chi connectivity index (χ2n) is 5.48. The van der Waals surface area contributed by atoms with E-state index in [4.69, 9.17) is 14.6 Å². The molecule has 1 aromatic carbocycles. The molecule has 0 saturated heterocycles. The molecule has 0 aromatic heterocycles. The smallest absolute Gasteiger partial charge is 0.407 e. The van der Waals surface area contributed by atoms with E-state index in [1.54, 1.807) is 24.3 Å². The predicted molar refractivity (Wildman–Crippen MR) is 77.1 cm³/mol. The largest absolute Gasteiger partial charge is 0.508 e. The lowest BCUT2D eigenvalue weighted by molar-refractivity contribution is 0.0526. The molecule has 0 atom stereocenters. The fraction of sp³-hybridized carbons (Fsp3) is 0.533. The molecule has 0 spiro atoms. The lowest BCUT2D eigenvalue weighted by atomic mass is 10.2. The monoisotopic (exact) mass is 281 g/mol. The SMILES string of the molecule is CC(C)(C)OC(=O)NCCCCOc1ccc(O)cc1. The molecule has 0 aliphatic carbocycles. The Morgan fingerprint density at radius 1 is 1.20 bits per heavy atom. The third kappa shape index (κ3) is 7.51. The average Bonchev–Trinajstić information content (AvgIpc) is 2.33. The van der Waals surface area contributed by atoms with Crippen molar-refractivity contribution in [3.05, 3.63) is 24.3 Å². The quantitative estimate of drug-likeness (QED) is 0.786. The Kier molecular flexibility index (Phi) is 6.15. The molecule has 2 N–H and O–H groups in total. The Morgan fingerprint density at radius 3 is 2.45 bits per heavy atom. The summed E-state index contributed by atoms with van der Waals surface area (Å²) in [4.78, 5) is 11.4. The molecule has 5 heteroatoms. The molecule has 0 bridgehead atoms. The molecule has 0 radical (unpaired) electrons. The van der Waals surface area contributed by atoms with Crippen LogP contribution in [0.5, 0.6) is 11.5 Å². The predicted octanol–water partition coefficient (Wildman–Crippen LogP) is 3.08. The lowest BCUT2D eigenvalue weighted by Crippen LogP contribution is -2.33. The van der Waals surface area contributed by atoms with Crippen LogP contribution in [-0.4, -0.2) is 30.0 Å². The normalized spacial score (nSPS) is 10.9. The fourth-order valence-corrected chi connectivity index (χ4v) is 1.46. The number of carbonyl (C=O) groups is 1. The summed E-state index contributed by atoms with van der Waals surface area (Å²) in [6.45, 7) is 6.63. The van der Waals surface area contributed by atoms with Gasteiger partial charge in [-0.25, -0.2) is 4.79 Å². The first-order valence-corrected chi connectivity index (χ1v) is 6.75. The van der Waals surface area contributed by atoms with E-state index in [0.29, 0.717) is 13.2 Å². The van der Waals surface area contributed by atoms with E-state index < -0.39 is 11.7 Å². The van der Waals surface area contributed by atoms with Crippen molar-refractivity contribution in [2.75, 3.05) is 13.2 Å². The summed E-state index contributed by atoms with van der Waals surface area (Å²) >= 11 is 0. The molecule has 0 fully saturated rings. The van der Waals surface area contributed by atoms with Crippen molar-refractivity contribution in [3.8, 4) is 11.5 Å². The van der Waals surface area contributed by atoms with Crippen molar-refractivity contribution in [2.45, 2.75) is 39.2 Å². The van der Waals surface area contributed by atoms with Gasteiger partial charge in [-0.15, -0.1) is 0 Å². The van der Waals surface area contributed by atoms with E-state index in [-0.39, 0.29) is 5.75 Å². The van der Waals surface area contributed by atoms with Gasteiger partial charge in [0.15, 0.2) is 0 Å². The van der Waals surface area contributed by atoms with Gasteiger partial charge in [-0.3, -0.25) is 0 Å². The number of ether oxygens (including phenoxy) is 2. The van der Waals surface area contributed by atoms with Crippen molar-refractivity contribution in [1.29, 1.82) is 0 Å². The van der Waals surface area contributed by atoms with Crippen LogP contribution < -0.4 is 10.1 Å². The molecule has 1 rings (SSSR count). The van der Waals surface area contributed by atoms with Crippen LogP contribution in [0.2, 0.25) is 0 Å². The van der Waals surface area contributed by atoms with Crippen LogP contribution in [0.1, 0.15) is 33.6 Å². The minimum Gasteiger partial charge on any atom is -0.508 e. The summed E-state index contributed by atoms with van der Waals surface area (Å²) in [5, 5.41) is 11.8. The van der Waals surface area contributed by atoms with E-state index in [9.17, 15) is 4.79 Å². The van der Waals surface area contributed by atoms with Gasteiger partial charge in [0.1, 0.15) is 17.1 Å². The van der Waals surface area contributed by atoms with E-state index in [2.05, 4.69) is 5.32 Å². The van der Waals surface area contributed by atoms with Crippen LogP contribution in [0, 0.1) is 0 Å². The van der Waals surface area contributed by atoms with E-state index in [1.807, 2.05) is 20.8 Å². The van der Waals surface area contributed by atoms with Gasteiger partial charge in [-0.1, -0.05) is 0 Å². The van der Waals surface area contributed by atoms with E-state index >= 15 is 0 Å². The summed E-state index contributed by atoms with van der Waals surface area (Å²) < 4.78 is 10.6. The molecule has 112 valence electrons. The van der Waals surface area contributed by atoms with Gasteiger partial charge >= 0.3 is 6.09 Å². The molecule has 0 aliphatic heterocycles. The van der Waals surface area contributed by atoms with Crippen LogP contribution in [0.25, 0.3) is 0 Å². The van der Waals surface area contributed by atoms with Gasteiger partial charge in [-0.05, 0) is 57.9 Å². The van der Waals surface area contributed by atoms with Crippen molar-refractivity contribution >= 4 is 6.09 Å². The number of nitrogens with one attached hydrogen (secondary N) is 1. The number of aromatic hydroxyl groups is 1. The maximum Gasteiger partial charge on any atom is 0.407 e. The number of unbranched alkanes of at least 4 members (excludes halogenated alkanes) is 1. The minimum atomic E-state index is -0.466. The number of hydrogen-bond acceptors (Lipinski definition) is 4. The molecule has 0 saturated carbocycles. The third-order valence-electron chi connectivity index (χ3n) is 2.34. The first-order valence-electron chi connectivity index (χ1n) is 6.75. The first kappa shape index (κ1) is 16.1. The van der Waals surface area contributed by atoms with Gasteiger partial charge in [0, 0.05) is 6.54 Å². The standard InChI is InChI=1S/C15H23NO4/c1-15(2,3)20-14(18)16-10-4-5-11-19-13-8-6-12(17)7-9-13/h6-9,17H,4-5,10-11H2,1-3H3,(H,16,18). The number of hydrogen-bond donors (Lipinski definition) is 2. The summed E-state index contributed by atoms with van der Waals surface area (Å²) in [5.74, 6) is 0.946. The van der Waals surface area contributed by atoms with Gasteiger partial charge in [0.25, 0.3) is 0 Å². The number of phenolic OH excluding ortho intramolecular Hbond substituents is 1. The zero-order chi connectivity index (χ0) is 15.0. The number of alkyl carbamates (subject to hydrolysis) is 1. The number of carbonyl (C=O) groups excluding carboxylic acids is 1. The third-order valence-corrected chi connectivity index (χ3v) is 2.34. The topological polar surface area (TPSA) is 67.8 Å². The second-order valence-corrected chi connectivity index (χ2v) is 5.48. The highest BCUT2D eigenvalue weighted by Crippen LogP contribution is 2.16. The van der Waals surface area contributed by atoms with Crippen LogP contribution >= 0.6 is 0 Å². The molecule has 0 unspecified atom stereocenters. The Balaban J connectivity index is 2.05. The average molecular weight is 281 g/mol. The van der Waals surface area contributed by atoms with Crippen LogP contribution in [0.15, 0.2) is 24.3 Å². The van der Waals surface area contributed by atoms with E-state index in [1.165, 1.54) is 0 Å². The lowest BCUT2D eigenvalue weighted by Gasteiger charge is -2.19. The zero-order valence-electron chi connectivity index (χ0n) is 12.3. The molecule has 0 heterocycles. The Labute approximate surface area is 119 Å². The van der Waals surface area contributed by atoms with Crippen molar-refractivity contribution in [3.63, 3.8) is 0 Å². The number of rotatable bonds is 6. The Bertz CT molecular complexity index is 409. The van der Waals surface area contributed by atoms with Gasteiger partial charge in [0.2, 0.25) is 0 Å². The van der Waals surface area contributed by atoms with Crippen LogP contribution in [0.3, 0.4) is 0 Å². The van der Waals surface area contributed by atoms with Crippen molar-refractivity contribution in [1.82, 2.24) is 5.32 Å². The second kappa shape index (κ2) is 7.62. The summed E-state index contributed by atoms with van der Waals surface area (Å²) in [7, 11) is 0. The van der Waals surface area contributed by atoms with Crippen molar-refractivity contribution < 1.29 is 19.4 Å². The highest BCUT2D eigenvalue weighted by molar-refractivity contribution is 5.67. The summed E-state index contributed by atoms with van der Waals surface area (Å²) in [6.07, 6.45) is 1.26. The highest BCUT2D eigenvalue weighted by Gasteiger charge is 2.15.